The molecule has 1 aromatic rings. The van der Waals surface area contributed by atoms with E-state index in [1.807, 2.05) is 17.8 Å². The fraction of sp³-hybridized carbons (Fsp3) is 0.429. The Balaban J connectivity index is 2.75. The minimum absolute atomic E-state index is 0.228. The zero-order valence-electron chi connectivity index (χ0n) is 10.3. The Morgan fingerprint density at radius 2 is 2.18 bits per heavy atom. The zero-order chi connectivity index (χ0) is 12.7. The Morgan fingerprint density at radius 3 is 2.82 bits per heavy atom. The van der Waals surface area contributed by atoms with Crippen molar-refractivity contribution in [3.8, 4) is 11.8 Å². The Morgan fingerprint density at radius 1 is 1.41 bits per heavy atom. The van der Waals surface area contributed by atoms with Crippen LogP contribution in [0, 0.1) is 17.7 Å². The third-order valence-corrected chi connectivity index (χ3v) is 3.80. The molecule has 0 amide bonds. The van der Waals surface area contributed by atoms with Crippen molar-refractivity contribution in [3.05, 3.63) is 35.1 Å². The summed E-state index contributed by atoms with van der Waals surface area (Å²) in [4.78, 5) is 0. The van der Waals surface area contributed by atoms with Crippen molar-refractivity contribution in [2.45, 2.75) is 31.3 Å². The van der Waals surface area contributed by atoms with E-state index in [2.05, 4.69) is 25.7 Å². The topological polar surface area (TPSA) is 26.0 Å². The van der Waals surface area contributed by atoms with E-state index >= 15 is 0 Å². The van der Waals surface area contributed by atoms with Crippen LogP contribution in [-0.2, 0) is 5.75 Å². The minimum atomic E-state index is -0.228. The number of rotatable bonds is 4. The lowest BCUT2D eigenvalue weighted by Crippen LogP contribution is -1.95. The van der Waals surface area contributed by atoms with Gasteiger partial charge in [-0.15, -0.1) is 0 Å². The molecule has 1 aromatic carbocycles. The molecule has 1 nitrogen and oxygen atoms in total. The third kappa shape index (κ3) is 5.25. The molecule has 0 bridgehead atoms. The summed E-state index contributed by atoms with van der Waals surface area (Å²) >= 11 is 1.83. The molecule has 1 rings (SSSR count). The number of hydrogen-bond donors (Lipinski definition) is 1. The van der Waals surface area contributed by atoms with E-state index in [1.165, 1.54) is 6.07 Å². The van der Waals surface area contributed by atoms with E-state index in [9.17, 15) is 4.39 Å². The van der Waals surface area contributed by atoms with Crippen LogP contribution in [0.1, 0.15) is 31.4 Å². The van der Waals surface area contributed by atoms with Crippen molar-refractivity contribution in [1.82, 2.24) is 0 Å². The Kier molecular flexibility index (Phi) is 6.10. The predicted octanol–water partition coefficient (Wildman–Crippen LogP) is 3.17. The highest BCUT2D eigenvalue weighted by atomic mass is 32.2. The largest absolute Gasteiger partial charge is 0.320 e. The number of nitrogens with two attached hydrogens (primary N) is 1. The zero-order valence-corrected chi connectivity index (χ0v) is 11.1. The molecule has 2 N–H and O–H groups in total. The average molecular weight is 251 g/mol. The molecule has 0 radical (unpaired) electrons. The van der Waals surface area contributed by atoms with Crippen molar-refractivity contribution in [2.75, 3.05) is 6.54 Å². The average Bonchev–Trinajstić information content (AvgIpc) is 2.32. The summed E-state index contributed by atoms with van der Waals surface area (Å²) in [6.07, 6.45) is 1.12. The van der Waals surface area contributed by atoms with Crippen LogP contribution in [0.3, 0.4) is 0 Å². The highest BCUT2D eigenvalue weighted by molar-refractivity contribution is 7.99. The van der Waals surface area contributed by atoms with E-state index in [0.29, 0.717) is 17.4 Å². The van der Waals surface area contributed by atoms with Crippen molar-refractivity contribution in [1.29, 1.82) is 0 Å². The van der Waals surface area contributed by atoms with Crippen molar-refractivity contribution in [3.63, 3.8) is 0 Å². The molecular weight excluding hydrogens is 233 g/mol. The van der Waals surface area contributed by atoms with E-state index in [0.717, 1.165) is 17.7 Å². The first kappa shape index (κ1) is 14.1. The molecule has 92 valence electrons. The number of benzene rings is 1. The molecule has 0 aliphatic heterocycles. The number of halogens is 1. The van der Waals surface area contributed by atoms with Gasteiger partial charge in [0.2, 0.25) is 0 Å². The molecule has 0 fully saturated rings. The standard InChI is InChI=1S/C14H18FNS/c1-3-11(2)17-10-13-7-12(5-4-6-16)8-14(15)9-13/h7-9,11H,3,6,10,16H2,1-2H3. The van der Waals surface area contributed by atoms with Gasteiger partial charge in [0.25, 0.3) is 0 Å². The van der Waals surface area contributed by atoms with Gasteiger partial charge >= 0.3 is 0 Å². The number of thioether (sulfide) groups is 1. The fourth-order valence-corrected chi connectivity index (χ4v) is 2.19. The first-order valence-corrected chi connectivity index (χ1v) is 6.80. The van der Waals surface area contributed by atoms with Gasteiger partial charge in [-0.2, -0.15) is 11.8 Å². The molecule has 0 heterocycles. The SMILES string of the molecule is CCC(C)SCc1cc(F)cc(C#CCN)c1. The summed E-state index contributed by atoms with van der Waals surface area (Å²) < 4.78 is 13.4. The Bertz CT molecular complexity index is 420. The van der Waals surface area contributed by atoms with Crippen molar-refractivity contribution in [2.24, 2.45) is 5.73 Å². The van der Waals surface area contributed by atoms with Gasteiger partial charge in [0.05, 0.1) is 6.54 Å². The Labute approximate surface area is 107 Å². The van der Waals surface area contributed by atoms with Crippen LogP contribution in [0.15, 0.2) is 18.2 Å². The second-order valence-corrected chi connectivity index (χ2v) is 5.31. The molecule has 3 heteroatoms. The van der Waals surface area contributed by atoms with E-state index in [-0.39, 0.29) is 5.82 Å². The lowest BCUT2D eigenvalue weighted by atomic mass is 10.1. The monoisotopic (exact) mass is 251 g/mol. The van der Waals surface area contributed by atoms with Gasteiger partial charge in [-0.3, -0.25) is 0 Å². The van der Waals surface area contributed by atoms with Gasteiger partial charge in [0.15, 0.2) is 0 Å². The van der Waals surface area contributed by atoms with Gasteiger partial charge in [-0.05, 0) is 30.2 Å². The molecule has 1 atom stereocenters. The van der Waals surface area contributed by atoms with Crippen LogP contribution >= 0.6 is 11.8 Å². The van der Waals surface area contributed by atoms with E-state index in [1.54, 1.807) is 6.07 Å². The van der Waals surface area contributed by atoms with Crippen molar-refractivity contribution >= 4 is 11.8 Å². The smallest absolute Gasteiger partial charge is 0.124 e. The maximum atomic E-state index is 13.4. The second-order valence-electron chi connectivity index (χ2n) is 3.88. The van der Waals surface area contributed by atoms with Crippen molar-refractivity contribution < 1.29 is 4.39 Å². The lowest BCUT2D eigenvalue weighted by Gasteiger charge is -2.08. The first-order valence-electron chi connectivity index (χ1n) is 5.75. The lowest BCUT2D eigenvalue weighted by molar-refractivity contribution is 0.626. The van der Waals surface area contributed by atoms with Gasteiger partial charge in [-0.1, -0.05) is 25.7 Å². The van der Waals surface area contributed by atoms with Crippen LogP contribution in [0.5, 0.6) is 0 Å². The Hall–Kier alpha value is -0.980. The van der Waals surface area contributed by atoms with Crippen LogP contribution < -0.4 is 5.73 Å². The third-order valence-electron chi connectivity index (χ3n) is 2.40. The van der Waals surface area contributed by atoms with Crippen LogP contribution in [0.4, 0.5) is 4.39 Å². The molecular formula is C14H18FNS. The van der Waals surface area contributed by atoms with E-state index < -0.39 is 0 Å². The van der Waals surface area contributed by atoms with Gasteiger partial charge in [0, 0.05) is 16.6 Å². The summed E-state index contributed by atoms with van der Waals surface area (Å²) in [6.45, 7) is 4.63. The predicted molar refractivity (Wildman–Crippen MR) is 73.4 cm³/mol. The molecule has 1 unspecified atom stereocenters. The van der Waals surface area contributed by atoms with Crippen LogP contribution in [0.25, 0.3) is 0 Å². The summed E-state index contributed by atoms with van der Waals surface area (Å²) in [6, 6.07) is 4.95. The molecule has 0 aromatic heterocycles. The second kappa shape index (κ2) is 7.37. The molecule has 0 saturated heterocycles. The number of hydrogen-bond acceptors (Lipinski definition) is 2. The van der Waals surface area contributed by atoms with Crippen LogP contribution in [-0.4, -0.2) is 11.8 Å². The van der Waals surface area contributed by atoms with Crippen LogP contribution in [0.2, 0.25) is 0 Å². The fourth-order valence-electron chi connectivity index (χ4n) is 1.32. The molecule has 0 spiro atoms. The minimum Gasteiger partial charge on any atom is -0.320 e. The summed E-state index contributed by atoms with van der Waals surface area (Å²) in [5.41, 5.74) is 6.98. The summed E-state index contributed by atoms with van der Waals surface area (Å²) in [5.74, 6) is 6.20. The molecule has 0 saturated carbocycles. The van der Waals surface area contributed by atoms with Gasteiger partial charge in [0.1, 0.15) is 5.82 Å². The maximum Gasteiger partial charge on any atom is 0.124 e. The maximum absolute atomic E-state index is 13.4. The molecule has 17 heavy (non-hydrogen) atoms. The summed E-state index contributed by atoms with van der Waals surface area (Å²) in [7, 11) is 0. The first-order chi connectivity index (χ1) is 8.15. The van der Waals surface area contributed by atoms with Gasteiger partial charge < -0.3 is 5.73 Å². The highest BCUT2D eigenvalue weighted by Gasteiger charge is 2.03. The summed E-state index contributed by atoms with van der Waals surface area (Å²) in [5, 5.41) is 0.594. The highest BCUT2D eigenvalue weighted by Crippen LogP contribution is 2.21. The molecule has 0 aliphatic carbocycles. The normalized spacial score (nSPS) is 11.8. The van der Waals surface area contributed by atoms with E-state index in [4.69, 9.17) is 5.73 Å². The van der Waals surface area contributed by atoms with Gasteiger partial charge in [-0.25, -0.2) is 4.39 Å². The molecule has 0 aliphatic rings. The quantitative estimate of drug-likeness (QED) is 0.832.